The maximum Gasteiger partial charge on any atom is 0.160 e. The van der Waals surface area contributed by atoms with E-state index in [0.29, 0.717) is 34.5 Å². The van der Waals surface area contributed by atoms with Crippen LogP contribution in [0.3, 0.4) is 0 Å². The van der Waals surface area contributed by atoms with Gasteiger partial charge in [0.15, 0.2) is 5.79 Å². The van der Waals surface area contributed by atoms with E-state index >= 15 is 0 Å². The van der Waals surface area contributed by atoms with Crippen molar-refractivity contribution < 1.29 is 14.9 Å². The second-order valence-electron chi connectivity index (χ2n) is 11.1. The average Bonchev–Trinajstić information content (AvgIpc) is 2.91. The van der Waals surface area contributed by atoms with E-state index in [1.54, 1.807) is 19.4 Å². The standard InChI is InChI=1S/C24H40O3/c1-6-15-7-8-18-21-19(10-12-23(15,18)4)24(5)11-9-17(25)13-16(24)14-20(21)27-22(2,3)26/h6,16-21,25-26H,7-14H2,1-5H3/b15-6-/t16?,17-,18?,19?,20-,21?,23+,24-/m0/s1. The lowest BCUT2D eigenvalue weighted by atomic mass is 9.44. The van der Waals surface area contributed by atoms with E-state index in [4.69, 9.17) is 4.74 Å². The lowest BCUT2D eigenvalue weighted by molar-refractivity contribution is -0.263. The van der Waals surface area contributed by atoms with Crippen LogP contribution in [0.4, 0.5) is 0 Å². The van der Waals surface area contributed by atoms with Gasteiger partial charge in [0.1, 0.15) is 0 Å². The summed E-state index contributed by atoms with van der Waals surface area (Å²) in [4.78, 5) is 0. The van der Waals surface area contributed by atoms with E-state index in [0.717, 1.165) is 25.7 Å². The van der Waals surface area contributed by atoms with Crippen LogP contribution >= 0.6 is 0 Å². The quantitative estimate of drug-likeness (QED) is 0.523. The fourth-order valence-corrected chi connectivity index (χ4v) is 7.99. The highest BCUT2D eigenvalue weighted by Crippen LogP contribution is 2.67. The normalized spacial score (nSPS) is 51.6. The molecule has 4 saturated carbocycles. The monoisotopic (exact) mass is 376 g/mol. The van der Waals surface area contributed by atoms with Gasteiger partial charge in [0.2, 0.25) is 0 Å². The summed E-state index contributed by atoms with van der Waals surface area (Å²) >= 11 is 0. The molecule has 0 aromatic rings. The molecule has 0 saturated heterocycles. The van der Waals surface area contributed by atoms with Gasteiger partial charge in [0.25, 0.3) is 0 Å². The van der Waals surface area contributed by atoms with E-state index < -0.39 is 5.79 Å². The molecule has 0 aromatic carbocycles. The van der Waals surface area contributed by atoms with Gasteiger partial charge in [-0.2, -0.15) is 0 Å². The van der Waals surface area contributed by atoms with Gasteiger partial charge in [-0.1, -0.05) is 25.5 Å². The van der Waals surface area contributed by atoms with Gasteiger partial charge >= 0.3 is 0 Å². The molecule has 27 heavy (non-hydrogen) atoms. The predicted molar refractivity (Wildman–Crippen MR) is 108 cm³/mol. The van der Waals surface area contributed by atoms with Crippen LogP contribution in [0.25, 0.3) is 0 Å². The van der Waals surface area contributed by atoms with E-state index in [-0.39, 0.29) is 12.2 Å². The highest BCUT2D eigenvalue weighted by molar-refractivity contribution is 5.24. The zero-order valence-electron chi connectivity index (χ0n) is 18.0. The Hall–Kier alpha value is -0.380. The molecule has 0 aliphatic heterocycles. The van der Waals surface area contributed by atoms with Crippen molar-refractivity contribution in [3.8, 4) is 0 Å². The zero-order chi connectivity index (χ0) is 19.6. The van der Waals surface area contributed by atoms with Crippen LogP contribution in [0, 0.1) is 34.5 Å². The Balaban J connectivity index is 1.72. The minimum atomic E-state index is -1.09. The number of aliphatic hydroxyl groups excluding tert-OH is 1. The van der Waals surface area contributed by atoms with Crippen molar-refractivity contribution >= 4 is 0 Å². The minimum Gasteiger partial charge on any atom is -0.393 e. The molecule has 3 heteroatoms. The van der Waals surface area contributed by atoms with Gasteiger partial charge in [-0.15, -0.1) is 0 Å². The van der Waals surface area contributed by atoms with Crippen LogP contribution in [-0.2, 0) is 4.74 Å². The number of fused-ring (bicyclic) bond motifs is 5. The molecular formula is C24H40O3. The topological polar surface area (TPSA) is 49.7 Å². The molecule has 0 spiro atoms. The van der Waals surface area contributed by atoms with E-state index in [9.17, 15) is 10.2 Å². The molecule has 2 N–H and O–H groups in total. The van der Waals surface area contributed by atoms with Crippen molar-refractivity contribution in [2.75, 3.05) is 0 Å². The Bertz CT molecular complexity index is 605. The van der Waals surface area contributed by atoms with Gasteiger partial charge in [0.05, 0.1) is 12.2 Å². The molecule has 0 radical (unpaired) electrons. The Labute approximate surface area is 165 Å². The van der Waals surface area contributed by atoms with Gasteiger partial charge in [-0.3, -0.25) is 0 Å². The lowest BCUT2D eigenvalue weighted by Crippen LogP contribution is -2.59. The SMILES string of the molecule is C/C=C1/CCC2C3C(CC[C@]12C)[C@@]1(C)CC[C@H](O)CC1C[C@@H]3OC(C)(C)O. The first-order valence-electron chi connectivity index (χ1n) is 11.3. The average molecular weight is 377 g/mol. The maximum absolute atomic E-state index is 10.5. The van der Waals surface area contributed by atoms with Crippen LogP contribution in [0.2, 0.25) is 0 Å². The summed E-state index contributed by atoms with van der Waals surface area (Å²) in [7, 11) is 0. The molecule has 154 valence electrons. The fourth-order valence-electron chi connectivity index (χ4n) is 7.99. The van der Waals surface area contributed by atoms with E-state index in [1.165, 1.54) is 25.7 Å². The Kier molecular flexibility index (Phi) is 4.85. The van der Waals surface area contributed by atoms with Crippen molar-refractivity contribution in [3.63, 3.8) is 0 Å². The molecule has 0 aromatic heterocycles. The molecule has 3 nitrogen and oxygen atoms in total. The lowest BCUT2D eigenvalue weighted by Gasteiger charge is -2.62. The number of ether oxygens (including phenoxy) is 1. The number of aliphatic hydroxyl groups is 2. The van der Waals surface area contributed by atoms with Gasteiger partial charge in [0, 0.05) is 0 Å². The van der Waals surface area contributed by atoms with Gasteiger partial charge in [-0.25, -0.2) is 0 Å². The van der Waals surface area contributed by atoms with Gasteiger partial charge in [-0.05, 0) is 107 Å². The first-order valence-corrected chi connectivity index (χ1v) is 11.3. The minimum absolute atomic E-state index is 0.110. The molecule has 8 atom stereocenters. The highest BCUT2D eigenvalue weighted by Gasteiger charge is 2.62. The first-order chi connectivity index (χ1) is 12.6. The third-order valence-corrected chi connectivity index (χ3v) is 9.27. The summed E-state index contributed by atoms with van der Waals surface area (Å²) < 4.78 is 6.35. The van der Waals surface area contributed by atoms with Crippen LogP contribution in [0.15, 0.2) is 11.6 Å². The highest BCUT2D eigenvalue weighted by atomic mass is 16.6. The summed E-state index contributed by atoms with van der Waals surface area (Å²) in [6, 6.07) is 0. The Morgan fingerprint density at radius 2 is 1.81 bits per heavy atom. The molecule has 0 heterocycles. The molecule has 4 aliphatic carbocycles. The van der Waals surface area contributed by atoms with Crippen LogP contribution in [0.1, 0.15) is 86.0 Å². The van der Waals surface area contributed by atoms with Gasteiger partial charge < -0.3 is 14.9 Å². The molecule has 4 fully saturated rings. The van der Waals surface area contributed by atoms with E-state index in [2.05, 4.69) is 26.8 Å². The third-order valence-electron chi connectivity index (χ3n) is 9.27. The summed E-state index contributed by atoms with van der Waals surface area (Å²) in [6.45, 7) is 10.8. The van der Waals surface area contributed by atoms with Crippen LogP contribution in [0.5, 0.6) is 0 Å². The van der Waals surface area contributed by atoms with Crippen molar-refractivity contribution in [2.24, 2.45) is 34.5 Å². The molecule has 4 rings (SSSR count). The van der Waals surface area contributed by atoms with Crippen molar-refractivity contribution in [2.45, 2.75) is 104 Å². The summed E-state index contributed by atoms with van der Waals surface area (Å²) in [6.07, 6.45) is 11.4. The number of rotatable bonds is 2. The molecular weight excluding hydrogens is 336 g/mol. The first kappa shape index (κ1) is 19.9. The Morgan fingerprint density at radius 1 is 1.07 bits per heavy atom. The molecule has 4 unspecified atom stereocenters. The van der Waals surface area contributed by atoms with E-state index in [1.807, 2.05) is 0 Å². The summed E-state index contributed by atoms with van der Waals surface area (Å²) in [5.74, 6) is 1.28. The number of hydrogen-bond acceptors (Lipinski definition) is 3. The van der Waals surface area contributed by atoms with Crippen LogP contribution < -0.4 is 0 Å². The predicted octanol–water partition coefficient (Wildman–Crippen LogP) is 5.06. The summed E-state index contributed by atoms with van der Waals surface area (Å²) in [5.41, 5.74) is 2.29. The summed E-state index contributed by atoms with van der Waals surface area (Å²) in [5, 5.41) is 20.8. The maximum atomic E-state index is 10.5. The number of allylic oxidation sites excluding steroid dienone is 2. The zero-order valence-corrected chi connectivity index (χ0v) is 18.0. The second-order valence-corrected chi connectivity index (χ2v) is 11.1. The molecule has 4 aliphatic rings. The Morgan fingerprint density at radius 3 is 2.48 bits per heavy atom. The van der Waals surface area contributed by atoms with Crippen molar-refractivity contribution in [3.05, 3.63) is 11.6 Å². The third kappa shape index (κ3) is 3.13. The molecule has 0 amide bonds. The number of hydrogen-bond donors (Lipinski definition) is 2. The fraction of sp³-hybridized carbons (Fsp3) is 0.917. The smallest absolute Gasteiger partial charge is 0.160 e. The van der Waals surface area contributed by atoms with Crippen molar-refractivity contribution in [1.29, 1.82) is 0 Å². The molecule has 0 bridgehead atoms. The van der Waals surface area contributed by atoms with Crippen LogP contribution in [-0.4, -0.2) is 28.2 Å². The second kappa shape index (κ2) is 6.57. The van der Waals surface area contributed by atoms with Crippen molar-refractivity contribution in [1.82, 2.24) is 0 Å². The largest absolute Gasteiger partial charge is 0.393 e.